The normalized spacial score (nSPS) is 21.5. The summed E-state index contributed by atoms with van der Waals surface area (Å²) in [5, 5.41) is 4.66. The number of hydrogen-bond acceptors (Lipinski definition) is 3. The second-order valence-corrected chi connectivity index (χ2v) is 7.70. The minimum atomic E-state index is -4.38. The largest absolute Gasteiger partial charge is 0.434 e. The first kappa shape index (κ1) is 17.5. The highest BCUT2D eigenvalue weighted by atomic mass is 32.1. The molecular weight excluding hydrogens is 337 g/mol. The van der Waals surface area contributed by atoms with E-state index in [0.717, 1.165) is 35.8 Å². The van der Waals surface area contributed by atoms with Crippen molar-refractivity contribution >= 4 is 17.3 Å². The zero-order chi connectivity index (χ0) is 17.2. The summed E-state index contributed by atoms with van der Waals surface area (Å²) in [5.74, 6) is 0.765. The molecule has 0 radical (unpaired) electrons. The molecule has 1 saturated carbocycles. The molecule has 0 bridgehead atoms. The molecule has 0 atom stereocenters. The van der Waals surface area contributed by atoms with Crippen molar-refractivity contribution in [2.75, 3.05) is 20.1 Å². The minimum Gasteiger partial charge on any atom is -0.350 e. The molecule has 1 spiro atoms. The second-order valence-electron chi connectivity index (χ2n) is 6.76. The van der Waals surface area contributed by atoms with E-state index in [0.29, 0.717) is 10.4 Å². The van der Waals surface area contributed by atoms with Crippen LogP contribution in [-0.2, 0) is 12.7 Å². The molecule has 1 N–H and O–H groups in total. The molecule has 2 aliphatic rings. The van der Waals surface area contributed by atoms with Gasteiger partial charge in [0, 0.05) is 25.5 Å². The minimum absolute atomic E-state index is 0.275. The first-order valence-electron chi connectivity index (χ1n) is 8.39. The van der Waals surface area contributed by atoms with E-state index in [1.54, 1.807) is 7.05 Å². The molecule has 2 heterocycles. The molecule has 0 amide bonds. The molecule has 2 fully saturated rings. The number of rotatable bonds is 2. The van der Waals surface area contributed by atoms with Crippen LogP contribution in [0.25, 0.3) is 0 Å². The summed E-state index contributed by atoms with van der Waals surface area (Å²) in [6.07, 6.45) is 3.31. The van der Waals surface area contributed by atoms with Crippen molar-refractivity contribution in [2.45, 2.75) is 51.2 Å². The Labute approximate surface area is 144 Å². The summed E-state index contributed by atoms with van der Waals surface area (Å²) in [5.41, 5.74) is -0.401. The Morgan fingerprint density at radius 2 is 2.08 bits per heavy atom. The maximum Gasteiger partial charge on any atom is 0.434 e. The third-order valence-corrected chi connectivity index (χ3v) is 5.95. The Bertz CT molecular complexity index is 590. The van der Waals surface area contributed by atoms with Crippen molar-refractivity contribution in [3.05, 3.63) is 16.1 Å². The number of guanidine groups is 1. The number of alkyl halides is 3. The molecule has 134 valence electrons. The van der Waals surface area contributed by atoms with Crippen LogP contribution >= 0.6 is 11.3 Å². The van der Waals surface area contributed by atoms with Gasteiger partial charge in [-0.3, -0.25) is 4.99 Å². The third kappa shape index (κ3) is 3.84. The maximum absolute atomic E-state index is 12.6. The Balaban J connectivity index is 1.57. The number of halogens is 3. The fraction of sp³-hybridized carbons (Fsp3) is 0.750. The number of nitrogens with zero attached hydrogens (tertiary/aromatic N) is 3. The Morgan fingerprint density at radius 3 is 2.71 bits per heavy atom. The van der Waals surface area contributed by atoms with Crippen LogP contribution in [0.5, 0.6) is 0 Å². The topological polar surface area (TPSA) is 40.5 Å². The number of nitrogens with one attached hydrogen (secondary N) is 1. The molecule has 1 aromatic heterocycles. The average Bonchev–Trinajstić information content (AvgIpc) is 3.17. The van der Waals surface area contributed by atoms with Gasteiger partial charge in [0.15, 0.2) is 11.7 Å². The molecule has 8 heteroatoms. The summed E-state index contributed by atoms with van der Waals surface area (Å²) >= 11 is 1.03. The van der Waals surface area contributed by atoms with Crippen LogP contribution < -0.4 is 5.32 Å². The Kier molecular flexibility index (Phi) is 5.03. The van der Waals surface area contributed by atoms with E-state index in [9.17, 15) is 13.2 Å². The monoisotopic (exact) mass is 360 g/mol. The van der Waals surface area contributed by atoms with E-state index in [2.05, 4.69) is 20.2 Å². The summed E-state index contributed by atoms with van der Waals surface area (Å²) in [7, 11) is 1.72. The van der Waals surface area contributed by atoms with Crippen LogP contribution in [0, 0.1) is 5.41 Å². The van der Waals surface area contributed by atoms with Crippen molar-refractivity contribution in [3.63, 3.8) is 0 Å². The molecule has 1 aliphatic carbocycles. The van der Waals surface area contributed by atoms with Gasteiger partial charge in [-0.25, -0.2) is 4.98 Å². The number of likely N-dealkylation sites (tertiary alicyclic amines) is 1. The van der Waals surface area contributed by atoms with E-state index in [1.165, 1.54) is 38.5 Å². The maximum atomic E-state index is 12.6. The second kappa shape index (κ2) is 6.90. The first-order valence-corrected chi connectivity index (χ1v) is 9.27. The molecule has 3 rings (SSSR count). The molecular formula is C16H23F3N4S. The number of hydrogen-bond donors (Lipinski definition) is 1. The number of aromatic nitrogens is 1. The smallest absolute Gasteiger partial charge is 0.350 e. The van der Waals surface area contributed by atoms with Gasteiger partial charge in [0.25, 0.3) is 0 Å². The fourth-order valence-corrected chi connectivity index (χ4v) is 4.58. The SMILES string of the molecule is CN=C(NCc1nc(C(F)(F)F)cs1)N1CCC2(CCCCC2)C1. The highest BCUT2D eigenvalue weighted by Gasteiger charge is 2.39. The van der Waals surface area contributed by atoms with Gasteiger partial charge in [-0.15, -0.1) is 11.3 Å². The van der Waals surface area contributed by atoms with Gasteiger partial charge < -0.3 is 10.2 Å². The van der Waals surface area contributed by atoms with Gasteiger partial charge in [0.05, 0.1) is 6.54 Å². The van der Waals surface area contributed by atoms with Gasteiger partial charge in [-0.05, 0) is 24.7 Å². The van der Waals surface area contributed by atoms with Crippen LogP contribution in [-0.4, -0.2) is 36.0 Å². The predicted octanol–water partition coefficient (Wildman–Crippen LogP) is 3.89. The first-order chi connectivity index (χ1) is 11.4. The molecule has 0 unspecified atom stereocenters. The highest BCUT2D eigenvalue weighted by molar-refractivity contribution is 7.09. The van der Waals surface area contributed by atoms with E-state index in [4.69, 9.17) is 0 Å². The quantitative estimate of drug-likeness (QED) is 0.642. The molecule has 24 heavy (non-hydrogen) atoms. The lowest BCUT2D eigenvalue weighted by molar-refractivity contribution is -0.140. The van der Waals surface area contributed by atoms with Crippen LogP contribution in [0.4, 0.5) is 13.2 Å². The highest BCUT2D eigenvalue weighted by Crippen LogP contribution is 2.43. The van der Waals surface area contributed by atoms with Crippen LogP contribution in [0.2, 0.25) is 0 Å². The summed E-state index contributed by atoms with van der Waals surface area (Å²) in [4.78, 5) is 10.2. The van der Waals surface area contributed by atoms with Crippen LogP contribution in [0.15, 0.2) is 10.4 Å². The Hall–Kier alpha value is -1.31. The van der Waals surface area contributed by atoms with Crippen molar-refractivity contribution in [1.29, 1.82) is 0 Å². The van der Waals surface area contributed by atoms with E-state index < -0.39 is 11.9 Å². The van der Waals surface area contributed by atoms with E-state index in [1.807, 2.05) is 0 Å². The average molecular weight is 360 g/mol. The van der Waals surface area contributed by atoms with Crippen molar-refractivity contribution in [1.82, 2.24) is 15.2 Å². The number of aliphatic imine (C=N–C) groups is 1. The van der Waals surface area contributed by atoms with Gasteiger partial charge in [-0.2, -0.15) is 13.2 Å². The van der Waals surface area contributed by atoms with Gasteiger partial charge >= 0.3 is 6.18 Å². The molecule has 1 aliphatic heterocycles. The standard InChI is InChI=1S/C16H23F3N4S/c1-20-14(21-9-13-22-12(10-24-13)16(17,18)19)23-8-7-15(11-23)5-3-2-4-6-15/h10H,2-9,11H2,1H3,(H,20,21). The van der Waals surface area contributed by atoms with Gasteiger partial charge in [0.2, 0.25) is 0 Å². The molecule has 1 saturated heterocycles. The number of thiazole rings is 1. The molecule has 4 nitrogen and oxygen atoms in total. The van der Waals surface area contributed by atoms with E-state index in [-0.39, 0.29) is 6.54 Å². The third-order valence-electron chi connectivity index (χ3n) is 5.10. The molecule has 0 aromatic carbocycles. The van der Waals surface area contributed by atoms with Crippen LogP contribution in [0.3, 0.4) is 0 Å². The van der Waals surface area contributed by atoms with Gasteiger partial charge in [-0.1, -0.05) is 19.3 Å². The lowest BCUT2D eigenvalue weighted by Crippen LogP contribution is -2.41. The van der Waals surface area contributed by atoms with Crippen molar-refractivity contribution in [3.8, 4) is 0 Å². The summed E-state index contributed by atoms with van der Waals surface area (Å²) in [6, 6.07) is 0. The van der Waals surface area contributed by atoms with Gasteiger partial charge in [0.1, 0.15) is 5.01 Å². The molecule has 1 aromatic rings. The fourth-order valence-electron chi connectivity index (χ4n) is 3.84. The zero-order valence-corrected chi connectivity index (χ0v) is 14.6. The summed E-state index contributed by atoms with van der Waals surface area (Å²) in [6.45, 7) is 2.24. The van der Waals surface area contributed by atoms with Crippen LogP contribution in [0.1, 0.15) is 49.2 Å². The lowest BCUT2D eigenvalue weighted by Gasteiger charge is -2.33. The Morgan fingerprint density at radius 1 is 1.33 bits per heavy atom. The lowest BCUT2D eigenvalue weighted by atomic mass is 9.73. The van der Waals surface area contributed by atoms with E-state index >= 15 is 0 Å². The predicted molar refractivity (Wildman–Crippen MR) is 89.0 cm³/mol. The van der Waals surface area contributed by atoms with Crippen molar-refractivity contribution in [2.24, 2.45) is 10.4 Å². The summed E-state index contributed by atoms with van der Waals surface area (Å²) < 4.78 is 37.8. The van der Waals surface area contributed by atoms with Crippen molar-refractivity contribution < 1.29 is 13.2 Å². The zero-order valence-electron chi connectivity index (χ0n) is 13.8.